The van der Waals surface area contributed by atoms with Gasteiger partial charge in [-0.2, -0.15) is 0 Å². The van der Waals surface area contributed by atoms with Crippen molar-refractivity contribution in [1.82, 2.24) is 9.97 Å². The van der Waals surface area contributed by atoms with E-state index in [-0.39, 0.29) is 12.4 Å². The standard InChI is InChI=1S/C28H29N3O.ClH/c1-2-3-11-22-23-12-7-10-19(15-18-8-5-4-6-9-18)25(23)30-27-24(22)14-13-20-16-21(17-32)28(29)31-26(20)27;/h4-6,8-9,15-17H,2-3,7,10-14H2,1H3,(H2,29,31);1H. The van der Waals surface area contributed by atoms with Crippen LogP contribution in [0.2, 0.25) is 0 Å². The summed E-state index contributed by atoms with van der Waals surface area (Å²) in [5.74, 6) is 0.293. The number of aldehydes is 1. The van der Waals surface area contributed by atoms with Crippen molar-refractivity contribution >= 4 is 36.2 Å². The van der Waals surface area contributed by atoms with Crippen molar-refractivity contribution in [3.63, 3.8) is 0 Å². The third-order valence-electron chi connectivity index (χ3n) is 6.78. The molecule has 0 spiro atoms. The molecule has 0 bridgehead atoms. The Bertz CT molecular complexity index is 1220. The highest BCUT2D eigenvalue weighted by molar-refractivity contribution is 5.87. The van der Waals surface area contributed by atoms with E-state index < -0.39 is 0 Å². The van der Waals surface area contributed by atoms with Crippen LogP contribution in [0.1, 0.15) is 76.5 Å². The molecule has 3 aromatic rings. The quantitative estimate of drug-likeness (QED) is 0.456. The molecule has 2 aromatic heterocycles. The van der Waals surface area contributed by atoms with Crippen LogP contribution in [-0.2, 0) is 25.7 Å². The molecule has 4 nitrogen and oxygen atoms in total. The van der Waals surface area contributed by atoms with Crippen molar-refractivity contribution in [2.75, 3.05) is 5.73 Å². The van der Waals surface area contributed by atoms with E-state index >= 15 is 0 Å². The summed E-state index contributed by atoms with van der Waals surface area (Å²) in [6, 6.07) is 12.4. The van der Waals surface area contributed by atoms with Gasteiger partial charge in [-0.05, 0) is 90.5 Å². The molecule has 1 aromatic carbocycles. The monoisotopic (exact) mass is 459 g/mol. The van der Waals surface area contributed by atoms with E-state index in [0.29, 0.717) is 11.4 Å². The summed E-state index contributed by atoms with van der Waals surface area (Å²) in [5.41, 5.74) is 17.4. The normalized spacial score (nSPS) is 15.2. The fraction of sp³-hybridized carbons (Fsp3) is 0.321. The number of hydrogen-bond donors (Lipinski definition) is 1. The lowest BCUT2D eigenvalue weighted by atomic mass is 9.80. The first-order valence-corrected chi connectivity index (χ1v) is 11.7. The van der Waals surface area contributed by atoms with Gasteiger partial charge >= 0.3 is 0 Å². The van der Waals surface area contributed by atoms with Gasteiger partial charge in [0, 0.05) is 0 Å². The number of aromatic nitrogens is 2. The maximum atomic E-state index is 11.4. The van der Waals surface area contributed by atoms with E-state index in [1.165, 1.54) is 40.7 Å². The van der Waals surface area contributed by atoms with Gasteiger partial charge in [0.25, 0.3) is 0 Å². The van der Waals surface area contributed by atoms with Crippen molar-refractivity contribution in [3.05, 3.63) is 75.5 Å². The molecule has 5 rings (SSSR count). The number of fused-ring (bicyclic) bond motifs is 4. The Balaban J connectivity index is 0.00000259. The van der Waals surface area contributed by atoms with Crippen LogP contribution in [0.3, 0.4) is 0 Å². The topological polar surface area (TPSA) is 68.9 Å². The molecule has 0 aliphatic heterocycles. The predicted octanol–water partition coefficient (Wildman–Crippen LogP) is 6.28. The Morgan fingerprint density at radius 1 is 0.970 bits per heavy atom. The first-order chi connectivity index (χ1) is 15.7. The van der Waals surface area contributed by atoms with Gasteiger partial charge in [0.1, 0.15) is 5.82 Å². The number of carbonyl (C=O) groups excluding carboxylic acids is 1. The lowest BCUT2D eigenvalue weighted by Crippen LogP contribution is -2.18. The molecule has 2 aliphatic rings. The highest BCUT2D eigenvalue weighted by Gasteiger charge is 2.29. The Labute approximate surface area is 201 Å². The second-order valence-corrected chi connectivity index (χ2v) is 8.87. The second kappa shape index (κ2) is 9.88. The van der Waals surface area contributed by atoms with Crippen LogP contribution in [0, 0.1) is 0 Å². The molecular weight excluding hydrogens is 430 g/mol. The maximum Gasteiger partial charge on any atom is 0.153 e. The van der Waals surface area contributed by atoms with E-state index in [1.807, 2.05) is 6.07 Å². The second-order valence-electron chi connectivity index (χ2n) is 8.87. The number of halogens is 1. The SMILES string of the molecule is CCCCc1c2c(nc3c1CCc1cc(C=O)c(N)nc1-3)C(=Cc1ccccc1)CCC2.Cl. The minimum absolute atomic E-state index is 0. The van der Waals surface area contributed by atoms with Crippen molar-refractivity contribution in [2.45, 2.75) is 58.3 Å². The van der Waals surface area contributed by atoms with E-state index in [1.54, 1.807) is 0 Å². The Morgan fingerprint density at radius 2 is 1.76 bits per heavy atom. The minimum Gasteiger partial charge on any atom is -0.383 e. The summed E-state index contributed by atoms with van der Waals surface area (Å²) in [4.78, 5) is 21.3. The largest absolute Gasteiger partial charge is 0.383 e. The smallest absolute Gasteiger partial charge is 0.153 e. The molecule has 2 aliphatic carbocycles. The third-order valence-corrected chi connectivity index (χ3v) is 6.78. The number of carbonyl (C=O) groups is 1. The third kappa shape index (κ3) is 4.32. The molecule has 2 heterocycles. The van der Waals surface area contributed by atoms with Gasteiger partial charge < -0.3 is 5.73 Å². The number of benzene rings is 1. The number of pyridine rings is 2. The molecular formula is C28H30ClN3O. The summed E-state index contributed by atoms with van der Waals surface area (Å²) in [6.45, 7) is 2.25. The number of rotatable bonds is 5. The zero-order chi connectivity index (χ0) is 22.1. The fourth-order valence-electron chi connectivity index (χ4n) is 5.17. The number of aryl methyl sites for hydroxylation is 1. The van der Waals surface area contributed by atoms with Crippen molar-refractivity contribution in [1.29, 1.82) is 0 Å². The van der Waals surface area contributed by atoms with Gasteiger partial charge in [-0.25, -0.2) is 9.97 Å². The van der Waals surface area contributed by atoms with Crippen LogP contribution in [0.15, 0.2) is 36.4 Å². The van der Waals surface area contributed by atoms with Crippen LogP contribution in [0.5, 0.6) is 0 Å². The zero-order valence-electron chi connectivity index (χ0n) is 19.1. The van der Waals surface area contributed by atoms with Crippen LogP contribution >= 0.6 is 12.4 Å². The number of nitrogens with two attached hydrogens (primary N) is 1. The van der Waals surface area contributed by atoms with Crippen molar-refractivity contribution < 1.29 is 4.79 Å². The van der Waals surface area contributed by atoms with Crippen LogP contribution < -0.4 is 5.73 Å². The van der Waals surface area contributed by atoms with Crippen LogP contribution in [-0.4, -0.2) is 16.3 Å². The molecule has 2 N–H and O–H groups in total. The summed E-state index contributed by atoms with van der Waals surface area (Å²) < 4.78 is 0. The van der Waals surface area contributed by atoms with Crippen molar-refractivity contribution in [3.8, 4) is 11.4 Å². The van der Waals surface area contributed by atoms with Gasteiger partial charge in [-0.1, -0.05) is 43.7 Å². The highest BCUT2D eigenvalue weighted by atomic mass is 35.5. The molecule has 170 valence electrons. The average Bonchev–Trinajstić information content (AvgIpc) is 2.82. The predicted molar refractivity (Wildman–Crippen MR) is 138 cm³/mol. The summed E-state index contributed by atoms with van der Waals surface area (Å²) in [6.07, 6.45) is 11.6. The zero-order valence-corrected chi connectivity index (χ0v) is 19.9. The average molecular weight is 460 g/mol. The Morgan fingerprint density at radius 3 is 2.52 bits per heavy atom. The minimum atomic E-state index is 0. The first kappa shape index (κ1) is 23.2. The van der Waals surface area contributed by atoms with E-state index in [2.05, 4.69) is 48.3 Å². The molecule has 0 amide bonds. The van der Waals surface area contributed by atoms with Gasteiger partial charge in [0.2, 0.25) is 0 Å². The number of unbranched alkanes of at least 4 members (excludes halogenated alkanes) is 1. The van der Waals surface area contributed by atoms with E-state index in [0.717, 1.165) is 67.5 Å². The van der Waals surface area contributed by atoms with Gasteiger partial charge in [-0.15, -0.1) is 12.4 Å². The molecule has 5 heteroatoms. The summed E-state index contributed by atoms with van der Waals surface area (Å²) in [7, 11) is 0. The first-order valence-electron chi connectivity index (χ1n) is 11.7. The van der Waals surface area contributed by atoms with E-state index in [9.17, 15) is 4.79 Å². The van der Waals surface area contributed by atoms with Gasteiger partial charge in [0.15, 0.2) is 6.29 Å². The lowest BCUT2D eigenvalue weighted by Gasteiger charge is -2.29. The van der Waals surface area contributed by atoms with Gasteiger partial charge in [-0.3, -0.25) is 4.79 Å². The Hall–Kier alpha value is -2.98. The van der Waals surface area contributed by atoms with E-state index in [4.69, 9.17) is 10.7 Å². The number of nitrogen functional groups attached to an aromatic ring is 1. The van der Waals surface area contributed by atoms with Gasteiger partial charge in [0.05, 0.1) is 22.6 Å². The lowest BCUT2D eigenvalue weighted by molar-refractivity contribution is 0.112. The number of nitrogens with zero attached hydrogens (tertiary/aromatic N) is 2. The molecule has 0 fully saturated rings. The molecule has 0 saturated carbocycles. The maximum absolute atomic E-state index is 11.4. The summed E-state index contributed by atoms with van der Waals surface area (Å²) >= 11 is 0. The highest BCUT2D eigenvalue weighted by Crippen LogP contribution is 2.41. The fourth-order valence-corrected chi connectivity index (χ4v) is 5.17. The Kier molecular flexibility index (Phi) is 6.94. The van der Waals surface area contributed by atoms with Crippen molar-refractivity contribution in [2.24, 2.45) is 0 Å². The summed E-state index contributed by atoms with van der Waals surface area (Å²) in [5, 5.41) is 0. The number of anilines is 1. The molecule has 0 saturated heterocycles. The molecule has 0 atom stereocenters. The molecule has 0 radical (unpaired) electrons. The van der Waals surface area contributed by atoms with Crippen LogP contribution in [0.4, 0.5) is 5.82 Å². The molecule has 0 unspecified atom stereocenters. The molecule has 33 heavy (non-hydrogen) atoms. The number of allylic oxidation sites excluding steroid dienone is 1. The van der Waals surface area contributed by atoms with Crippen LogP contribution in [0.25, 0.3) is 23.0 Å². The number of hydrogen-bond acceptors (Lipinski definition) is 4.